The molecule has 7 nitrogen and oxygen atoms in total. The third-order valence-electron chi connectivity index (χ3n) is 7.24. The van der Waals surface area contributed by atoms with Crippen molar-refractivity contribution in [2.24, 2.45) is 5.92 Å². The van der Waals surface area contributed by atoms with Gasteiger partial charge in [0.25, 0.3) is 5.56 Å². The standard InChI is InChI=1S/C32H39N3O4/c1-21(2)19-28(32(38)39-26-9-4-5-10-26)34-18-17-23-7-6-8-25(20-23)35-29(36)16-15-27(31(35)33)30(37)24-13-11-22(3)12-14-24/h6-8,11-16,20-21,26,28,34H,4-5,9-10,17-19,33H2,1-3H3/t28-/m0/s1. The number of benzene rings is 2. The van der Waals surface area contributed by atoms with Crippen LogP contribution in [0.4, 0.5) is 5.82 Å². The van der Waals surface area contributed by atoms with Crippen LogP contribution in [0.15, 0.2) is 65.5 Å². The van der Waals surface area contributed by atoms with E-state index in [-0.39, 0.29) is 40.8 Å². The molecule has 0 bridgehead atoms. The zero-order valence-corrected chi connectivity index (χ0v) is 23.1. The number of aryl methyl sites for hydroxylation is 1. The summed E-state index contributed by atoms with van der Waals surface area (Å²) in [4.78, 5) is 38.8. The normalized spacial score (nSPS) is 14.5. The van der Waals surface area contributed by atoms with Gasteiger partial charge in [-0.1, -0.05) is 55.8 Å². The summed E-state index contributed by atoms with van der Waals surface area (Å²) in [5.74, 6) is 0.0581. The number of nitrogens with two attached hydrogens (primary N) is 1. The van der Waals surface area contributed by atoms with E-state index in [1.54, 1.807) is 18.2 Å². The molecule has 3 aromatic rings. The van der Waals surface area contributed by atoms with Gasteiger partial charge in [-0.2, -0.15) is 0 Å². The second kappa shape index (κ2) is 12.9. The number of anilines is 1. The Balaban J connectivity index is 1.48. The molecule has 0 saturated heterocycles. The molecule has 1 aliphatic carbocycles. The average molecular weight is 530 g/mol. The van der Waals surface area contributed by atoms with Gasteiger partial charge >= 0.3 is 5.97 Å². The van der Waals surface area contributed by atoms with E-state index in [1.807, 2.05) is 37.3 Å². The van der Waals surface area contributed by atoms with Crippen molar-refractivity contribution in [1.29, 1.82) is 0 Å². The van der Waals surface area contributed by atoms with Crippen LogP contribution in [0.5, 0.6) is 0 Å². The minimum absolute atomic E-state index is 0.0445. The van der Waals surface area contributed by atoms with Gasteiger partial charge in [-0.3, -0.25) is 19.0 Å². The van der Waals surface area contributed by atoms with E-state index in [9.17, 15) is 14.4 Å². The van der Waals surface area contributed by atoms with Crippen LogP contribution in [0, 0.1) is 12.8 Å². The number of esters is 1. The van der Waals surface area contributed by atoms with Gasteiger partial charge < -0.3 is 15.8 Å². The molecule has 0 amide bonds. The van der Waals surface area contributed by atoms with Crippen molar-refractivity contribution in [2.45, 2.75) is 71.4 Å². The van der Waals surface area contributed by atoms with Gasteiger partial charge in [-0.15, -0.1) is 0 Å². The fourth-order valence-electron chi connectivity index (χ4n) is 5.10. The Labute approximate surface area is 230 Å². The van der Waals surface area contributed by atoms with Gasteiger partial charge in [-0.05, 0) is 81.7 Å². The van der Waals surface area contributed by atoms with Crippen LogP contribution in [-0.4, -0.2) is 35.0 Å². The molecule has 1 atom stereocenters. The zero-order chi connectivity index (χ0) is 27.9. The molecule has 0 spiro atoms. The van der Waals surface area contributed by atoms with E-state index in [2.05, 4.69) is 19.2 Å². The lowest BCUT2D eigenvalue weighted by molar-refractivity contribution is -0.151. The molecular weight excluding hydrogens is 490 g/mol. The second-order valence-electron chi connectivity index (χ2n) is 10.9. The van der Waals surface area contributed by atoms with E-state index in [1.165, 1.54) is 16.7 Å². The maximum Gasteiger partial charge on any atom is 0.323 e. The highest BCUT2D eigenvalue weighted by molar-refractivity contribution is 6.11. The van der Waals surface area contributed by atoms with Crippen molar-refractivity contribution in [3.63, 3.8) is 0 Å². The summed E-state index contributed by atoms with van der Waals surface area (Å²) >= 11 is 0. The predicted octanol–water partition coefficient (Wildman–Crippen LogP) is 4.99. The Morgan fingerprint density at radius 2 is 1.77 bits per heavy atom. The molecule has 0 radical (unpaired) electrons. The van der Waals surface area contributed by atoms with E-state index < -0.39 is 0 Å². The van der Waals surface area contributed by atoms with Crippen molar-refractivity contribution in [3.05, 3.63) is 93.3 Å². The Kier molecular flexibility index (Phi) is 9.36. The first-order valence-electron chi connectivity index (χ1n) is 13.9. The molecule has 4 rings (SSSR count). The molecule has 1 aliphatic rings. The lowest BCUT2D eigenvalue weighted by Gasteiger charge is -2.22. The highest BCUT2D eigenvalue weighted by Crippen LogP contribution is 2.23. The molecule has 39 heavy (non-hydrogen) atoms. The number of nitrogen functional groups attached to an aromatic ring is 1. The number of ketones is 1. The maximum atomic E-state index is 13.1. The van der Waals surface area contributed by atoms with E-state index in [0.717, 1.165) is 36.8 Å². The molecule has 2 aromatic carbocycles. The Bertz CT molecular complexity index is 1350. The minimum Gasteiger partial charge on any atom is -0.461 e. The second-order valence-corrected chi connectivity index (χ2v) is 10.9. The molecule has 3 N–H and O–H groups in total. The van der Waals surface area contributed by atoms with Gasteiger partial charge in [0.05, 0.1) is 11.3 Å². The van der Waals surface area contributed by atoms with Crippen molar-refractivity contribution >= 4 is 17.6 Å². The van der Waals surface area contributed by atoms with Crippen molar-refractivity contribution in [1.82, 2.24) is 9.88 Å². The Hall–Kier alpha value is -3.71. The zero-order valence-electron chi connectivity index (χ0n) is 23.1. The summed E-state index contributed by atoms with van der Waals surface area (Å²) in [5, 5.41) is 3.39. The highest BCUT2D eigenvalue weighted by Gasteiger charge is 2.26. The summed E-state index contributed by atoms with van der Waals surface area (Å²) in [6.07, 6.45) is 5.54. The SMILES string of the molecule is Cc1ccc(C(=O)c2ccc(=O)n(-c3cccc(CCN[C@@H](CC(C)C)C(=O)OC4CCCC4)c3)c2N)cc1. The number of rotatable bonds is 11. The largest absolute Gasteiger partial charge is 0.461 e. The van der Waals surface area contributed by atoms with E-state index in [4.69, 9.17) is 10.5 Å². The number of carbonyl (C=O) groups excluding carboxylic acids is 2. The average Bonchev–Trinajstić information content (AvgIpc) is 3.41. The highest BCUT2D eigenvalue weighted by atomic mass is 16.5. The number of pyridine rings is 1. The van der Waals surface area contributed by atoms with Gasteiger partial charge in [-0.25, -0.2) is 0 Å². The van der Waals surface area contributed by atoms with Crippen molar-refractivity contribution in [3.8, 4) is 5.69 Å². The molecular formula is C32H39N3O4. The number of aromatic nitrogens is 1. The van der Waals surface area contributed by atoms with Crippen LogP contribution < -0.4 is 16.6 Å². The summed E-state index contributed by atoms with van der Waals surface area (Å²) in [5.41, 5.74) is 9.51. The maximum absolute atomic E-state index is 13.1. The lowest BCUT2D eigenvalue weighted by atomic mass is 10.0. The monoisotopic (exact) mass is 529 g/mol. The van der Waals surface area contributed by atoms with Gasteiger partial charge in [0.15, 0.2) is 5.78 Å². The number of hydrogen-bond acceptors (Lipinski definition) is 6. The molecule has 0 unspecified atom stereocenters. The first-order chi connectivity index (χ1) is 18.7. The first-order valence-corrected chi connectivity index (χ1v) is 13.9. The smallest absolute Gasteiger partial charge is 0.323 e. The van der Waals surface area contributed by atoms with Crippen LogP contribution in [0.3, 0.4) is 0 Å². The van der Waals surface area contributed by atoms with Gasteiger partial charge in [0.2, 0.25) is 0 Å². The molecule has 206 valence electrons. The third kappa shape index (κ3) is 7.24. The fraction of sp³-hybridized carbons (Fsp3) is 0.406. The van der Waals surface area contributed by atoms with Crippen LogP contribution in [0.1, 0.15) is 73.0 Å². The topological polar surface area (TPSA) is 103 Å². The minimum atomic E-state index is -0.350. The van der Waals surface area contributed by atoms with Crippen LogP contribution >= 0.6 is 0 Å². The summed E-state index contributed by atoms with van der Waals surface area (Å²) in [6.45, 7) is 6.73. The Morgan fingerprint density at radius 3 is 2.46 bits per heavy atom. The fourth-order valence-corrected chi connectivity index (χ4v) is 5.10. The molecule has 0 aliphatic heterocycles. The van der Waals surface area contributed by atoms with Crippen LogP contribution in [0.2, 0.25) is 0 Å². The number of nitrogens with one attached hydrogen (secondary N) is 1. The summed E-state index contributed by atoms with van der Waals surface area (Å²) in [6, 6.07) is 17.3. The first kappa shape index (κ1) is 28.3. The molecule has 1 aromatic heterocycles. The van der Waals surface area contributed by atoms with Crippen molar-refractivity contribution in [2.75, 3.05) is 12.3 Å². The van der Waals surface area contributed by atoms with E-state index in [0.29, 0.717) is 36.6 Å². The molecule has 1 heterocycles. The third-order valence-corrected chi connectivity index (χ3v) is 7.24. The molecule has 1 fully saturated rings. The predicted molar refractivity (Wildman–Crippen MR) is 154 cm³/mol. The van der Waals surface area contributed by atoms with Crippen LogP contribution in [0.25, 0.3) is 5.69 Å². The number of ether oxygens (including phenoxy) is 1. The molecule has 1 saturated carbocycles. The number of nitrogens with zero attached hydrogens (tertiary/aromatic N) is 1. The van der Waals surface area contributed by atoms with Gasteiger partial charge in [0.1, 0.15) is 18.0 Å². The Morgan fingerprint density at radius 1 is 1.05 bits per heavy atom. The molecule has 7 heteroatoms. The van der Waals surface area contributed by atoms with Crippen LogP contribution in [-0.2, 0) is 16.0 Å². The summed E-state index contributed by atoms with van der Waals surface area (Å²) in [7, 11) is 0. The number of hydrogen-bond donors (Lipinski definition) is 2. The van der Waals surface area contributed by atoms with Gasteiger partial charge in [0, 0.05) is 11.6 Å². The summed E-state index contributed by atoms with van der Waals surface area (Å²) < 4.78 is 7.14. The quantitative estimate of drug-likeness (QED) is 0.268. The van der Waals surface area contributed by atoms with E-state index >= 15 is 0 Å². The number of carbonyl (C=O) groups is 2. The van der Waals surface area contributed by atoms with Crippen molar-refractivity contribution < 1.29 is 14.3 Å². The lowest BCUT2D eigenvalue weighted by Crippen LogP contribution is -2.41.